The number of carbonyl (C=O) groups excluding carboxylic acids is 1. The smallest absolute Gasteiger partial charge is 0.321 e. The number of nitrogens with zero attached hydrogens (tertiary/aromatic N) is 2. The molecule has 1 unspecified atom stereocenters. The zero-order chi connectivity index (χ0) is 20.6. The van der Waals surface area contributed by atoms with E-state index in [0.717, 1.165) is 49.6 Å². The first kappa shape index (κ1) is 24.5. The second-order valence-corrected chi connectivity index (χ2v) is 8.88. The van der Waals surface area contributed by atoms with E-state index in [1.54, 1.807) is 7.05 Å². The molecule has 0 spiro atoms. The van der Waals surface area contributed by atoms with Crippen molar-refractivity contribution in [3.8, 4) is 0 Å². The van der Waals surface area contributed by atoms with E-state index in [4.69, 9.17) is 0 Å². The number of thiophene rings is 1. The number of rotatable bonds is 6. The lowest BCUT2D eigenvalue weighted by Gasteiger charge is -2.18. The lowest BCUT2D eigenvalue weighted by Crippen LogP contribution is -2.42. The Balaban J connectivity index is 0.00000320. The zero-order valence-corrected chi connectivity index (χ0v) is 21.1. The van der Waals surface area contributed by atoms with Gasteiger partial charge in [0, 0.05) is 54.6 Å². The quantitative estimate of drug-likeness (QED) is 0.285. The Morgan fingerprint density at radius 1 is 1.23 bits per heavy atom. The van der Waals surface area contributed by atoms with Crippen LogP contribution in [0.15, 0.2) is 41.4 Å². The molecule has 164 valence electrons. The number of amides is 2. The van der Waals surface area contributed by atoms with Crippen LogP contribution in [0.3, 0.4) is 0 Å². The largest absolute Gasteiger partial charge is 0.354 e. The lowest BCUT2D eigenvalue weighted by atomic mass is 10.2. The number of anilines is 1. The Kier molecular flexibility index (Phi) is 9.90. The maximum absolute atomic E-state index is 12.3. The van der Waals surface area contributed by atoms with E-state index in [1.165, 1.54) is 9.75 Å². The van der Waals surface area contributed by atoms with Crippen molar-refractivity contribution in [2.24, 2.45) is 4.99 Å². The normalized spacial score (nSPS) is 14.8. The summed E-state index contributed by atoms with van der Waals surface area (Å²) in [6.07, 6.45) is 3.15. The van der Waals surface area contributed by atoms with Gasteiger partial charge < -0.3 is 20.9 Å². The van der Waals surface area contributed by atoms with Crippen LogP contribution in [-0.2, 0) is 13.0 Å². The van der Waals surface area contributed by atoms with Crippen molar-refractivity contribution in [3.05, 3.63) is 51.7 Å². The highest BCUT2D eigenvalue weighted by molar-refractivity contribution is 14.0. The van der Waals surface area contributed by atoms with Crippen molar-refractivity contribution in [1.29, 1.82) is 0 Å². The molecule has 2 amide bonds. The molecule has 1 aliphatic heterocycles. The average Bonchev–Trinajstić information content (AvgIpc) is 3.37. The van der Waals surface area contributed by atoms with Gasteiger partial charge in [0.05, 0.1) is 0 Å². The summed E-state index contributed by atoms with van der Waals surface area (Å²) in [5, 5.41) is 9.81. The fourth-order valence-electron chi connectivity index (χ4n) is 3.44. The van der Waals surface area contributed by atoms with Crippen LogP contribution in [0.4, 0.5) is 10.5 Å². The Bertz CT molecular complexity index is 848. The van der Waals surface area contributed by atoms with Gasteiger partial charge in [0.1, 0.15) is 0 Å². The summed E-state index contributed by atoms with van der Waals surface area (Å²) in [7, 11) is 1.78. The van der Waals surface area contributed by atoms with Gasteiger partial charge in [0.25, 0.3) is 0 Å². The third-order valence-electron chi connectivity index (χ3n) is 4.94. The van der Waals surface area contributed by atoms with E-state index in [1.807, 2.05) is 40.5 Å². The molecule has 0 bridgehead atoms. The second-order valence-electron chi connectivity index (χ2n) is 7.51. The van der Waals surface area contributed by atoms with Gasteiger partial charge in [-0.05, 0) is 56.5 Å². The fourth-order valence-corrected chi connectivity index (χ4v) is 4.46. The SMILES string of the molecule is CN=C(NCc1cccc(NC(=O)N2CCCC2)c1)NC(C)Cc1ccc(C)s1.I. The number of urea groups is 1. The van der Waals surface area contributed by atoms with Crippen molar-refractivity contribution >= 4 is 53.0 Å². The molecule has 1 atom stereocenters. The van der Waals surface area contributed by atoms with Crippen molar-refractivity contribution in [3.63, 3.8) is 0 Å². The lowest BCUT2D eigenvalue weighted by molar-refractivity contribution is 0.222. The van der Waals surface area contributed by atoms with Gasteiger partial charge in [-0.25, -0.2) is 4.79 Å². The minimum absolute atomic E-state index is 0. The summed E-state index contributed by atoms with van der Waals surface area (Å²) in [6.45, 7) is 6.62. The molecule has 2 heterocycles. The van der Waals surface area contributed by atoms with Gasteiger partial charge in [-0.1, -0.05) is 12.1 Å². The van der Waals surface area contributed by atoms with Gasteiger partial charge in [-0.15, -0.1) is 35.3 Å². The number of carbonyl (C=O) groups is 1. The number of hydrogen-bond donors (Lipinski definition) is 3. The molecule has 2 aromatic rings. The minimum atomic E-state index is -0.0114. The van der Waals surface area contributed by atoms with E-state index < -0.39 is 0 Å². The molecule has 6 nitrogen and oxygen atoms in total. The minimum Gasteiger partial charge on any atom is -0.354 e. The molecule has 1 saturated heterocycles. The van der Waals surface area contributed by atoms with Gasteiger partial charge in [-0.2, -0.15) is 0 Å². The van der Waals surface area contributed by atoms with Gasteiger partial charge in [-0.3, -0.25) is 4.99 Å². The molecule has 30 heavy (non-hydrogen) atoms. The first-order chi connectivity index (χ1) is 14.0. The Morgan fingerprint density at radius 2 is 2.00 bits per heavy atom. The molecular weight excluding hydrogens is 509 g/mol. The van der Waals surface area contributed by atoms with Crippen LogP contribution >= 0.6 is 35.3 Å². The summed E-state index contributed by atoms with van der Waals surface area (Å²) in [4.78, 5) is 21.2. The molecule has 1 fully saturated rings. The predicted molar refractivity (Wildman–Crippen MR) is 137 cm³/mol. The Hall–Kier alpha value is -1.81. The Labute approximate surface area is 200 Å². The van der Waals surface area contributed by atoms with E-state index in [0.29, 0.717) is 6.54 Å². The molecule has 8 heteroatoms. The number of aliphatic imine (C=N–C) groups is 1. The number of hydrogen-bond acceptors (Lipinski definition) is 3. The molecule has 0 radical (unpaired) electrons. The van der Waals surface area contributed by atoms with Crippen LogP contribution in [-0.4, -0.2) is 43.1 Å². The summed E-state index contributed by atoms with van der Waals surface area (Å²) < 4.78 is 0. The summed E-state index contributed by atoms with van der Waals surface area (Å²) >= 11 is 1.84. The monoisotopic (exact) mass is 541 g/mol. The van der Waals surface area contributed by atoms with Crippen LogP contribution in [0.5, 0.6) is 0 Å². The van der Waals surface area contributed by atoms with Gasteiger partial charge in [0.2, 0.25) is 0 Å². The topological polar surface area (TPSA) is 68.8 Å². The van der Waals surface area contributed by atoms with E-state index in [2.05, 4.69) is 46.9 Å². The standard InChI is InChI=1S/C22H31N5OS.HI/c1-16(13-20-10-9-17(2)29-20)25-21(23-3)24-15-18-7-6-8-19(14-18)26-22(28)27-11-4-5-12-27;/h6-10,14,16H,4-5,11-13,15H2,1-3H3,(H,26,28)(H2,23,24,25);1H. The third kappa shape index (κ3) is 7.46. The van der Waals surface area contributed by atoms with Crippen LogP contribution in [0.1, 0.15) is 35.1 Å². The van der Waals surface area contributed by atoms with Gasteiger partial charge >= 0.3 is 6.03 Å². The summed E-state index contributed by atoms with van der Waals surface area (Å²) in [6, 6.07) is 12.6. The second kappa shape index (κ2) is 12.1. The number of nitrogens with one attached hydrogen (secondary N) is 3. The summed E-state index contributed by atoms with van der Waals surface area (Å²) in [5.74, 6) is 0.775. The van der Waals surface area contributed by atoms with Gasteiger partial charge in [0.15, 0.2) is 5.96 Å². The number of halogens is 1. The molecule has 0 aliphatic carbocycles. The molecule has 1 aliphatic rings. The number of aryl methyl sites for hydroxylation is 1. The van der Waals surface area contributed by atoms with Crippen LogP contribution in [0, 0.1) is 6.92 Å². The zero-order valence-electron chi connectivity index (χ0n) is 17.9. The highest BCUT2D eigenvalue weighted by Gasteiger charge is 2.17. The summed E-state index contributed by atoms with van der Waals surface area (Å²) in [5.41, 5.74) is 1.92. The number of guanidine groups is 1. The number of benzene rings is 1. The Morgan fingerprint density at radius 3 is 2.67 bits per heavy atom. The van der Waals surface area contributed by atoms with E-state index in [9.17, 15) is 4.79 Å². The first-order valence-corrected chi connectivity index (χ1v) is 11.0. The first-order valence-electron chi connectivity index (χ1n) is 10.2. The van der Waals surface area contributed by atoms with Crippen molar-refractivity contribution in [2.45, 2.75) is 45.7 Å². The van der Waals surface area contributed by atoms with Crippen molar-refractivity contribution < 1.29 is 4.79 Å². The maximum Gasteiger partial charge on any atom is 0.321 e. The molecule has 1 aromatic carbocycles. The molecule has 1 aromatic heterocycles. The molecule has 0 saturated carbocycles. The molecule has 3 N–H and O–H groups in total. The maximum atomic E-state index is 12.3. The average molecular weight is 542 g/mol. The van der Waals surface area contributed by atoms with Crippen LogP contribution in [0.2, 0.25) is 0 Å². The van der Waals surface area contributed by atoms with Crippen LogP contribution in [0.25, 0.3) is 0 Å². The predicted octanol–water partition coefficient (Wildman–Crippen LogP) is 4.60. The number of likely N-dealkylation sites (tertiary alicyclic amines) is 1. The highest BCUT2D eigenvalue weighted by atomic mass is 127. The van der Waals surface area contributed by atoms with E-state index in [-0.39, 0.29) is 36.0 Å². The van der Waals surface area contributed by atoms with E-state index >= 15 is 0 Å². The van der Waals surface area contributed by atoms with Crippen molar-refractivity contribution in [2.75, 3.05) is 25.5 Å². The third-order valence-corrected chi connectivity index (χ3v) is 5.96. The van der Waals surface area contributed by atoms with Crippen LogP contribution < -0.4 is 16.0 Å². The van der Waals surface area contributed by atoms with Crippen molar-refractivity contribution in [1.82, 2.24) is 15.5 Å². The molecular formula is C22H32IN5OS. The molecule has 3 rings (SSSR count). The highest BCUT2D eigenvalue weighted by Crippen LogP contribution is 2.17. The fraction of sp³-hybridized carbons (Fsp3) is 0.455.